The van der Waals surface area contributed by atoms with Crippen molar-refractivity contribution in [2.45, 2.75) is 13.3 Å². The van der Waals surface area contributed by atoms with E-state index in [4.69, 9.17) is 10.2 Å². The molecule has 1 saturated heterocycles. The third-order valence-electron chi connectivity index (χ3n) is 5.04. The van der Waals surface area contributed by atoms with Crippen molar-refractivity contribution in [1.29, 1.82) is 5.26 Å². The Balaban J connectivity index is 1.53. The van der Waals surface area contributed by atoms with Gasteiger partial charge in [0, 0.05) is 44.1 Å². The highest BCUT2D eigenvalue weighted by Crippen LogP contribution is 2.24. The Labute approximate surface area is 169 Å². The van der Waals surface area contributed by atoms with Gasteiger partial charge in [0.15, 0.2) is 5.82 Å². The normalized spacial score (nSPS) is 14.0. The number of hydrogen-bond donors (Lipinski definition) is 0. The van der Waals surface area contributed by atoms with Gasteiger partial charge in [0.25, 0.3) is 0 Å². The van der Waals surface area contributed by atoms with Gasteiger partial charge in [-0.1, -0.05) is 13.0 Å². The number of pyridine rings is 1. The lowest BCUT2D eigenvalue weighted by atomic mass is 10.1. The maximum atomic E-state index is 14.3. The molecule has 0 spiro atoms. The summed E-state index contributed by atoms with van der Waals surface area (Å²) in [6, 6.07) is 14.3. The van der Waals surface area contributed by atoms with Gasteiger partial charge in [-0.3, -0.25) is 4.98 Å². The highest BCUT2D eigenvalue weighted by atomic mass is 19.1. The zero-order valence-electron chi connectivity index (χ0n) is 16.2. The summed E-state index contributed by atoms with van der Waals surface area (Å²) in [5, 5.41) is 8.92. The van der Waals surface area contributed by atoms with E-state index in [9.17, 15) is 4.39 Å². The summed E-state index contributed by atoms with van der Waals surface area (Å²) in [5.41, 5.74) is 2.59. The van der Waals surface area contributed by atoms with E-state index in [1.54, 1.807) is 18.3 Å². The Bertz CT molecular complexity index is 1040. The van der Waals surface area contributed by atoms with Crippen LogP contribution >= 0.6 is 0 Å². The Kier molecular flexibility index (Phi) is 5.34. The highest BCUT2D eigenvalue weighted by molar-refractivity contribution is 5.56. The first-order chi connectivity index (χ1) is 14.2. The highest BCUT2D eigenvalue weighted by Gasteiger charge is 2.22. The number of hydrogen-bond acceptors (Lipinski definition) is 6. The SMILES string of the molecule is CCc1cc(N2CCN(c3ccc(C#N)cc3F)CC2)nc(-c2ccccn2)n1. The van der Waals surface area contributed by atoms with Crippen LogP contribution in [0.4, 0.5) is 15.9 Å². The third-order valence-corrected chi connectivity index (χ3v) is 5.04. The van der Waals surface area contributed by atoms with Crippen molar-refractivity contribution in [3.05, 3.63) is 65.7 Å². The van der Waals surface area contributed by atoms with E-state index in [2.05, 4.69) is 21.8 Å². The first kappa shape index (κ1) is 18.8. The summed E-state index contributed by atoms with van der Waals surface area (Å²) in [5.74, 6) is 1.14. The fourth-order valence-electron chi connectivity index (χ4n) is 3.45. The Hall–Kier alpha value is -3.53. The lowest BCUT2D eigenvalue weighted by Crippen LogP contribution is -2.47. The average molecular weight is 388 g/mol. The molecule has 1 fully saturated rings. The number of aryl methyl sites for hydroxylation is 1. The predicted molar refractivity (Wildman–Crippen MR) is 110 cm³/mol. The molecule has 1 aliphatic rings. The number of aromatic nitrogens is 3. The van der Waals surface area contributed by atoms with Gasteiger partial charge in [0.2, 0.25) is 0 Å². The number of anilines is 2. The van der Waals surface area contributed by atoms with Crippen molar-refractivity contribution in [2.75, 3.05) is 36.0 Å². The van der Waals surface area contributed by atoms with Crippen molar-refractivity contribution in [1.82, 2.24) is 15.0 Å². The third kappa shape index (κ3) is 4.02. The van der Waals surface area contributed by atoms with Gasteiger partial charge in [-0.25, -0.2) is 14.4 Å². The summed E-state index contributed by atoms with van der Waals surface area (Å²) in [6.07, 6.45) is 2.55. The number of rotatable bonds is 4. The van der Waals surface area contributed by atoms with Crippen molar-refractivity contribution in [3.63, 3.8) is 0 Å². The van der Waals surface area contributed by atoms with E-state index in [1.165, 1.54) is 6.07 Å². The maximum absolute atomic E-state index is 14.3. The van der Waals surface area contributed by atoms with Gasteiger partial charge >= 0.3 is 0 Å². The number of halogens is 1. The van der Waals surface area contributed by atoms with E-state index in [1.807, 2.05) is 35.2 Å². The second-order valence-electron chi connectivity index (χ2n) is 6.86. The molecule has 7 heteroatoms. The predicted octanol–water partition coefficient (Wildman–Crippen LogP) is 3.44. The lowest BCUT2D eigenvalue weighted by Gasteiger charge is -2.37. The number of benzene rings is 1. The van der Waals surface area contributed by atoms with Crippen LogP contribution in [-0.4, -0.2) is 41.1 Å². The molecular weight excluding hydrogens is 367 g/mol. The first-order valence-electron chi connectivity index (χ1n) is 9.67. The largest absolute Gasteiger partial charge is 0.366 e. The van der Waals surface area contributed by atoms with Gasteiger partial charge in [-0.2, -0.15) is 5.26 Å². The molecule has 3 heterocycles. The molecular formula is C22H21FN6. The van der Waals surface area contributed by atoms with Crippen LogP contribution in [0.2, 0.25) is 0 Å². The molecule has 1 aromatic carbocycles. The van der Waals surface area contributed by atoms with E-state index in [0.29, 0.717) is 30.2 Å². The minimum absolute atomic E-state index is 0.333. The average Bonchev–Trinajstić information content (AvgIpc) is 2.79. The van der Waals surface area contributed by atoms with Crippen molar-refractivity contribution < 1.29 is 4.39 Å². The molecule has 29 heavy (non-hydrogen) atoms. The van der Waals surface area contributed by atoms with E-state index in [0.717, 1.165) is 36.7 Å². The minimum Gasteiger partial charge on any atom is -0.366 e. The summed E-state index contributed by atoms with van der Waals surface area (Å²) < 4.78 is 14.3. The number of nitrogens with zero attached hydrogens (tertiary/aromatic N) is 6. The lowest BCUT2D eigenvalue weighted by molar-refractivity contribution is 0.595. The fraction of sp³-hybridized carbons (Fsp3) is 0.273. The molecule has 0 amide bonds. The topological polar surface area (TPSA) is 68.9 Å². The van der Waals surface area contributed by atoms with Crippen molar-refractivity contribution in [3.8, 4) is 17.6 Å². The Morgan fingerprint density at radius 2 is 1.83 bits per heavy atom. The molecule has 6 nitrogen and oxygen atoms in total. The molecule has 3 aromatic rings. The number of piperazine rings is 1. The molecule has 0 radical (unpaired) electrons. The second-order valence-corrected chi connectivity index (χ2v) is 6.86. The van der Waals surface area contributed by atoms with Crippen LogP contribution in [0.3, 0.4) is 0 Å². The summed E-state index contributed by atoms with van der Waals surface area (Å²) >= 11 is 0. The minimum atomic E-state index is -0.356. The van der Waals surface area contributed by atoms with Gasteiger partial charge in [0.1, 0.15) is 17.3 Å². The Morgan fingerprint density at radius 3 is 2.48 bits per heavy atom. The molecule has 146 valence electrons. The summed E-state index contributed by atoms with van der Waals surface area (Å²) in [4.78, 5) is 17.9. The summed E-state index contributed by atoms with van der Waals surface area (Å²) in [6.45, 7) is 4.86. The number of nitriles is 1. The monoisotopic (exact) mass is 388 g/mol. The molecule has 0 unspecified atom stereocenters. The van der Waals surface area contributed by atoms with Crippen LogP contribution < -0.4 is 9.80 Å². The quantitative estimate of drug-likeness (QED) is 0.682. The second kappa shape index (κ2) is 8.23. The van der Waals surface area contributed by atoms with Crippen LogP contribution in [0.25, 0.3) is 11.5 Å². The molecule has 1 aliphatic heterocycles. The van der Waals surface area contributed by atoms with Gasteiger partial charge < -0.3 is 9.80 Å². The van der Waals surface area contributed by atoms with E-state index < -0.39 is 0 Å². The zero-order valence-corrected chi connectivity index (χ0v) is 16.2. The molecule has 0 atom stereocenters. The van der Waals surface area contributed by atoms with Crippen LogP contribution in [0.5, 0.6) is 0 Å². The molecule has 0 N–H and O–H groups in total. The molecule has 2 aromatic heterocycles. The van der Waals surface area contributed by atoms with Crippen LogP contribution in [-0.2, 0) is 6.42 Å². The maximum Gasteiger partial charge on any atom is 0.180 e. The standard InChI is InChI=1S/C22H21FN6/c1-2-17-14-21(27-22(26-17)19-5-3-4-8-25-19)29-11-9-28(10-12-29)20-7-6-16(15-24)13-18(20)23/h3-8,13-14H,2,9-12H2,1H3. The van der Waals surface area contributed by atoms with Gasteiger partial charge in [-0.05, 0) is 36.8 Å². The van der Waals surface area contributed by atoms with Crippen LogP contribution in [0, 0.1) is 17.1 Å². The zero-order chi connectivity index (χ0) is 20.2. The van der Waals surface area contributed by atoms with Gasteiger partial charge in [-0.15, -0.1) is 0 Å². The Morgan fingerprint density at radius 1 is 1.03 bits per heavy atom. The van der Waals surface area contributed by atoms with Crippen LogP contribution in [0.1, 0.15) is 18.2 Å². The smallest absolute Gasteiger partial charge is 0.180 e. The van der Waals surface area contributed by atoms with Crippen LogP contribution in [0.15, 0.2) is 48.7 Å². The van der Waals surface area contributed by atoms with Gasteiger partial charge in [0.05, 0.1) is 17.3 Å². The molecule has 4 rings (SSSR count). The van der Waals surface area contributed by atoms with E-state index >= 15 is 0 Å². The molecule has 0 bridgehead atoms. The summed E-state index contributed by atoms with van der Waals surface area (Å²) in [7, 11) is 0. The molecule has 0 saturated carbocycles. The first-order valence-corrected chi connectivity index (χ1v) is 9.67. The molecule has 0 aliphatic carbocycles. The fourth-order valence-corrected chi connectivity index (χ4v) is 3.45. The van der Waals surface area contributed by atoms with E-state index in [-0.39, 0.29) is 5.82 Å². The van der Waals surface area contributed by atoms with Crippen molar-refractivity contribution in [2.24, 2.45) is 0 Å². The van der Waals surface area contributed by atoms with Crippen molar-refractivity contribution >= 4 is 11.5 Å².